The van der Waals surface area contributed by atoms with Gasteiger partial charge in [0.1, 0.15) is 12.3 Å². The first-order chi connectivity index (χ1) is 19.5. The molecule has 7 heteroatoms. The van der Waals surface area contributed by atoms with Crippen molar-refractivity contribution >= 4 is 17.5 Å². The molecule has 0 aliphatic heterocycles. The van der Waals surface area contributed by atoms with Gasteiger partial charge in [-0.25, -0.2) is 0 Å². The first-order valence-corrected chi connectivity index (χ1v) is 14.0. The van der Waals surface area contributed by atoms with Crippen molar-refractivity contribution in [2.24, 2.45) is 0 Å². The van der Waals surface area contributed by atoms with Crippen LogP contribution in [-0.4, -0.2) is 34.7 Å². The summed E-state index contributed by atoms with van der Waals surface area (Å²) in [5.41, 5.74) is 6.09. The summed E-state index contributed by atoms with van der Waals surface area (Å²) in [6, 6.07) is 25.3. The number of nitrogens with zero attached hydrogens (tertiary/aromatic N) is 2. The van der Waals surface area contributed by atoms with Gasteiger partial charge in [0, 0.05) is 40.9 Å². The molecule has 1 aromatic heterocycles. The molecule has 0 spiro atoms. The number of benzene rings is 3. The summed E-state index contributed by atoms with van der Waals surface area (Å²) < 4.78 is 7.10. The second kappa shape index (κ2) is 12.6. The van der Waals surface area contributed by atoms with E-state index in [0.717, 1.165) is 40.9 Å². The minimum Gasteiger partial charge on any atom is -0.497 e. The Morgan fingerprint density at radius 3 is 2.50 bits per heavy atom. The molecular formula is C33H36N4O3. The Bertz CT molecular complexity index is 1470. The predicted molar refractivity (Wildman–Crippen MR) is 158 cm³/mol. The van der Waals surface area contributed by atoms with Crippen molar-refractivity contribution in [1.82, 2.24) is 15.1 Å². The van der Waals surface area contributed by atoms with Gasteiger partial charge in [-0.3, -0.25) is 14.3 Å². The zero-order valence-corrected chi connectivity index (χ0v) is 23.2. The summed E-state index contributed by atoms with van der Waals surface area (Å²) in [4.78, 5) is 26.1. The van der Waals surface area contributed by atoms with Crippen molar-refractivity contribution in [2.75, 3.05) is 12.4 Å². The van der Waals surface area contributed by atoms with Crippen LogP contribution < -0.4 is 15.4 Å². The SMILES string of the molecule is COc1cccc(NC(=O)c2cccc(Cc3c(C)nn(CC(=O)NC4CCCCC4)c3-c3ccccc3)c2)c1. The zero-order chi connectivity index (χ0) is 27.9. The quantitative estimate of drug-likeness (QED) is 0.268. The third-order valence-electron chi connectivity index (χ3n) is 7.46. The highest BCUT2D eigenvalue weighted by Crippen LogP contribution is 2.29. The van der Waals surface area contributed by atoms with Crippen LogP contribution >= 0.6 is 0 Å². The molecule has 40 heavy (non-hydrogen) atoms. The molecule has 4 aromatic rings. The fourth-order valence-corrected chi connectivity index (χ4v) is 5.45. The van der Waals surface area contributed by atoms with Gasteiger partial charge in [0.15, 0.2) is 0 Å². The second-order valence-corrected chi connectivity index (χ2v) is 10.4. The smallest absolute Gasteiger partial charge is 0.255 e. The summed E-state index contributed by atoms with van der Waals surface area (Å²) in [6.45, 7) is 2.15. The average molecular weight is 537 g/mol. The lowest BCUT2D eigenvalue weighted by atomic mass is 9.95. The molecule has 1 fully saturated rings. The topological polar surface area (TPSA) is 85.2 Å². The molecule has 1 aliphatic carbocycles. The van der Waals surface area contributed by atoms with E-state index in [9.17, 15) is 9.59 Å². The monoisotopic (exact) mass is 536 g/mol. The predicted octanol–water partition coefficient (Wildman–Crippen LogP) is 6.16. The van der Waals surface area contributed by atoms with Crippen LogP contribution in [0.15, 0.2) is 78.9 Å². The molecule has 2 N–H and O–H groups in total. The number of amides is 2. The van der Waals surface area contributed by atoms with Gasteiger partial charge in [-0.2, -0.15) is 5.10 Å². The van der Waals surface area contributed by atoms with Gasteiger partial charge in [0.25, 0.3) is 5.91 Å². The van der Waals surface area contributed by atoms with E-state index in [0.29, 0.717) is 23.4 Å². The average Bonchev–Trinajstić information content (AvgIpc) is 3.27. The van der Waals surface area contributed by atoms with E-state index < -0.39 is 0 Å². The molecule has 3 aromatic carbocycles. The number of carbonyl (C=O) groups is 2. The van der Waals surface area contributed by atoms with Crippen LogP contribution in [0.25, 0.3) is 11.3 Å². The van der Waals surface area contributed by atoms with Crippen LogP contribution in [-0.2, 0) is 17.8 Å². The second-order valence-electron chi connectivity index (χ2n) is 10.4. The van der Waals surface area contributed by atoms with E-state index in [1.54, 1.807) is 13.2 Å². The molecule has 1 aliphatic rings. The number of methoxy groups -OCH3 is 1. The number of hydrogen-bond acceptors (Lipinski definition) is 4. The standard InChI is InChI=1S/C33H36N4O3/c1-23-30(20-24-11-9-14-26(19-24)33(39)35-28-17-10-18-29(21-28)40-2)32(25-12-5-3-6-13-25)37(36-23)22-31(38)34-27-15-7-4-8-16-27/h3,5-6,9-14,17-19,21,27H,4,7-8,15-16,20,22H2,1-2H3,(H,34,38)(H,35,39). The largest absolute Gasteiger partial charge is 0.497 e. The van der Waals surface area contributed by atoms with Crippen LogP contribution in [0.5, 0.6) is 5.75 Å². The minimum atomic E-state index is -0.190. The van der Waals surface area contributed by atoms with Crippen molar-refractivity contribution in [3.05, 3.63) is 101 Å². The Balaban J connectivity index is 1.38. The molecule has 206 valence electrons. The molecule has 0 saturated heterocycles. The summed E-state index contributed by atoms with van der Waals surface area (Å²) in [5.74, 6) is 0.486. The van der Waals surface area contributed by atoms with Gasteiger partial charge in [-0.15, -0.1) is 0 Å². The lowest BCUT2D eigenvalue weighted by molar-refractivity contribution is -0.122. The fourth-order valence-electron chi connectivity index (χ4n) is 5.45. The van der Waals surface area contributed by atoms with Crippen molar-refractivity contribution in [1.29, 1.82) is 0 Å². The van der Waals surface area contributed by atoms with E-state index in [1.807, 2.05) is 84.4 Å². The van der Waals surface area contributed by atoms with E-state index in [1.165, 1.54) is 19.3 Å². The number of rotatable bonds is 9. The summed E-state index contributed by atoms with van der Waals surface area (Å²) in [5, 5.41) is 11.0. The van der Waals surface area contributed by atoms with Crippen molar-refractivity contribution in [3.63, 3.8) is 0 Å². The summed E-state index contributed by atoms with van der Waals surface area (Å²) in [6.07, 6.45) is 6.26. The molecule has 0 atom stereocenters. The van der Waals surface area contributed by atoms with Gasteiger partial charge in [-0.1, -0.05) is 67.8 Å². The fraction of sp³-hybridized carbons (Fsp3) is 0.303. The molecule has 0 bridgehead atoms. The Kier molecular flexibility index (Phi) is 8.59. The Morgan fingerprint density at radius 1 is 0.950 bits per heavy atom. The molecular weight excluding hydrogens is 500 g/mol. The molecule has 7 nitrogen and oxygen atoms in total. The van der Waals surface area contributed by atoms with Crippen LogP contribution in [0.2, 0.25) is 0 Å². The van der Waals surface area contributed by atoms with Crippen LogP contribution in [0.4, 0.5) is 5.69 Å². The minimum absolute atomic E-state index is 0.00524. The van der Waals surface area contributed by atoms with E-state index >= 15 is 0 Å². The van der Waals surface area contributed by atoms with Gasteiger partial charge in [-0.05, 0) is 49.6 Å². The van der Waals surface area contributed by atoms with Crippen molar-refractivity contribution in [3.8, 4) is 17.0 Å². The maximum atomic E-state index is 13.0. The van der Waals surface area contributed by atoms with Crippen LogP contribution in [0.3, 0.4) is 0 Å². The van der Waals surface area contributed by atoms with Gasteiger partial charge >= 0.3 is 0 Å². The molecule has 1 heterocycles. The van der Waals surface area contributed by atoms with Gasteiger partial charge in [0.05, 0.1) is 18.5 Å². The first kappa shape index (κ1) is 27.2. The molecule has 0 radical (unpaired) electrons. The van der Waals surface area contributed by atoms with E-state index in [4.69, 9.17) is 9.84 Å². The number of anilines is 1. The lowest BCUT2D eigenvalue weighted by Crippen LogP contribution is -2.38. The molecule has 2 amide bonds. The van der Waals surface area contributed by atoms with Crippen LogP contribution in [0, 0.1) is 6.92 Å². The zero-order valence-electron chi connectivity index (χ0n) is 23.2. The Hall–Kier alpha value is -4.39. The first-order valence-electron chi connectivity index (χ1n) is 14.0. The highest BCUT2D eigenvalue weighted by Gasteiger charge is 2.21. The van der Waals surface area contributed by atoms with Gasteiger partial charge < -0.3 is 15.4 Å². The van der Waals surface area contributed by atoms with E-state index in [2.05, 4.69) is 10.6 Å². The molecule has 0 unspecified atom stereocenters. The third-order valence-corrected chi connectivity index (χ3v) is 7.46. The summed E-state index contributed by atoms with van der Waals surface area (Å²) in [7, 11) is 1.60. The lowest BCUT2D eigenvalue weighted by Gasteiger charge is -2.23. The van der Waals surface area contributed by atoms with E-state index in [-0.39, 0.29) is 24.4 Å². The normalized spacial score (nSPS) is 13.6. The highest BCUT2D eigenvalue weighted by molar-refractivity contribution is 6.04. The van der Waals surface area contributed by atoms with Gasteiger partial charge in [0.2, 0.25) is 5.91 Å². The summed E-state index contributed by atoms with van der Waals surface area (Å²) >= 11 is 0. The maximum absolute atomic E-state index is 13.0. The van der Waals surface area contributed by atoms with Crippen molar-refractivity contribution < 1.29 is 14.3 Å². The van der Waals surface area contributed by atoms with Crippen molar-refractivity contribution in [2.45, 2.75) is 58.0 Å². The Labute approximate surface area is 235 Å². The number of nitrogens with one attached hydrogen (secondary N) is 2. The number of carbonyl (C=O) groups excluding carboxylic acids is 2. The Morgan fingerprint density at radius 2 is 1.73 bits per heavy atom. The van der Waals surface area contributed by atoms with Crippen LogP contribution in [0.1, 0.15) is 59.3 Å². The maximum Gasteiger partial charge on any atom is 0.255 e. The number of aryl methyl sites for hydroxylation is 1. The molecule has 5 rings (SSSR count). The highest BCUT2D eigenvalue weighted by atomic mass is 16.5. The number of ether oxygens (including phenoxy) is 1. The molecule has 1 saturated carbocycles. The number of hydrogen-bond donors (Lipinski definition) is 2. The third kappa shape index (κ3) is 6.60. The number of aromatic nitrogens is 2.